The van der Waals surface area contributed by atoms with Crippen molar-refractivity contribution in [2.45, 2.75) is 18.8 Å². The SMILES string of the molecule is Oc1ccnc2cnc(C3CC3)nc12. The molecule has 0 saturated heterocycles. The van der Waals surface area contributed by atoms with E-state index in [9.17, 15) is 5.11 Å². The summed E-state index contributed by atoms with van der Waals surface area (Å²) in [7, 11) is 0. The lowest BCUT2D eigenvalue weighted by atomic mass is 10.3. The Morgan fingerprint density at radius 2 is 2.14 bits per heavy atom. The van der Waals surface area contributed by atoms with Crippen LogP contribution < -0.4 is 0 Å². The van der Waals surface area contributed by atoms with Crippen LogP contribution in [0.4, 0.5) is 0 Å². The molecule has 0 aliphatic heterocycles. The van der Waals surface area contributed by atoms with Gasteiger partial charge in [-0.15, -0.1) is 0 Å². The Bertz CT molecular complexity index is 494. The number of pyridine rings is 1. The zero-order chi connectivity index (χ0) is 9.54. The van der Waals surface area contributed by atoms with Gasteiger partial charge in [-0.2, -0.15) is 0 Å². The molecule has 2 aromatic heterocycles. The monoisotopic (exact) mass is 187 g/mol. The second-order valence-electron chi connectivity index (χ2n) is 3.57. The van der Waals surface area contributed by atoms with Gasteiger partial charge in [0.1, 0.15) is 22.6 Å². The molecule has 1 aliphatic carbocycles. The smallest absolute Gasteiger partial charge is 0.145 e. The average molecular weight is 187 g/mol. The molecule has 0 amide bonds. The summed E-state index contributed by atoms with van der Waals surface area (Å²) in [6.45, 7) is 0. The quantitative estimate of drug-likeness (QED) is 0.736. The fourth-order valence-corrected chi connectivity index (χ4v) is 1.48. The highest BCUT2D eigenvalue weighted by molar-refractivity contribution is 5.79. The van der Waals surface area contributed by atoms with Gasteiger partial charge in [0.25, 0.3) is 0 Å². The van der Waals surface area contributed by atoms with Crippen LogP contribution in [0.2, 0.25) is 0 Å². The molecule has 70 valence electrons. The molecule has 0 spiro atoms. The number of aromatic nitrogens is 3. The first-order valence-corrected chi connectivity index (χ1v) is 4.65. The summed E-state index contributed by atoms with van der Waals surface area (Å²) in [6, 6.07) is 1.55. The minimum atomic E-state index is 0.180. The predicted octanol–water partition coefficient (Wildman–Crippen LogP) is 1.61. The number of hydrogen-bond acceptors (Lipinski definition) is 4. The first-order valence-electron chi connectivity index (χ1n) is 4.65. The molecule has 1 aliphatic rings. The van der Waals surface area contributed by atoms with Gasteiger partial charge in [0, 0.05) is 18.2 Å². The molecule has 2 heterocycles. The number of hydrogen-bond donors (Lipinski definition) is 1. The van der Waals surface area contributed by atoms with Crippen LogP contribution in [0.3, 0.4) is 0 Å². The van der Waals surface area contributed by atoms with E-state index in [1.54, 1.807) is 18.5 Å². The molecule has 0 atom stereocenters. The topological polar surface area (TPSA) is 58.9 Å². The second kappa shape index (κ2) is 2.64. The molecule has 2 aromatic rings. The van der Waals surface area contributed by atoms with Crippen molar-refractivity contribution in [2.75, 3.05) is 0 Å². The summed E-state index contributed by atoms with van der Waals surface area (Å²) in [6.07, 6.45) is 5.55. The van der Waals surface area contributed by atoms with Gasteiger partial charge in [0.05, 0.1) is 6.20 Å². The van der Waals surface area contributed by atoms with E-state index in [0.29, 0.717) is 17.0 Å². The largest absolute Gasteiger partial charge is 0.506 e. The van der Waals surface area contributed by atoms with Crippen molar-refractivity contribution in [3.05, 3.63) is 24.3 Å². The van der Waals surface area contributed by atoms with Gasteiger partial charge in [-0.05, 0) is 12.8 Å². The van der Waals surface area contributed by atoms with E-state index >= 15 is 0 Å². The highest BCUT2D eigenvalue weighted by atomic mass is 16.3. The molecule has 0 aromatic carbocycles. The molecule has 1 saturated carbocycles. The molecule has 0 unspecified atom stereocenters. The third-order valence-electron chi connectivity index (χ3n) is 2.42. The van der Waals surface area contributed by atoms with Crippen LogP contribution in [0.1, 0.15) is 24.6 Å². The third-order valence-corrected chi connectivity index (χ3v) is 2.42. The maximum atomic E-state index is 9.57. The summed E-state index contributed by atoms with van der Waals surface area (Å²) in [5, 5.41) is 9.57. The van der Waals surface area contributed by atoms with Crippen LogP contribution in [-0.2, 0) is 0 Å². The van der Waals surface area contributed by atoms with E-state index in [4.69, 9.17) is 0 Å². The molecule has 4 nitrogen and oxygen atoms in total. The van der Waals surface area contributed by atoms with E-state index in [-0.39, 0.29) is 5.75 Å². The highest BCUT2D eigenvalue weighted by Crippen LogP contribution is 2.38. The lowest BCUT2D eigenvalue weighted by Gasteiger charge is -2.00. The lowest BCUT2D eigenvalue weighted by Crippen LogP contribution is -1.93. The number of rotatable bonds is 1. The summed E-state index contributed by atoms with van der Waals surface area (Å²) >= 11 is 0. The molecular formula is C10H9N3O. The average Bonchev–Trinajstić information content (AvgIpc) is 3.01. The second-order valence-corrected chi connectivity index (χ2v) is 3.57. The van der Waals surface area contributed by atoms with Crippen LogP contribution in [0.25, 0.3) is 11.0 Å². The number of fused-ring (bicyclic) bond motifs is 1. The summed E-state index contributed by atoms with van der Waals surface area (Å²) in [5.74, 6) is 1.51. The van der Waals surface area contributed by atoms with E-state index in [1.807, 2.05) is 0 Å². The Morgan fingerprint density at radius 1 is 1.29 bits per heavy atom. The van der Waals surface area contributed by atoms with Crippen molar-refractivity contribution in [3.63, 3.8) is 0 Å². The van der Waals surface area contributed by atoms with Gasteiger partial charge in [-0.25, -0.2) is 9.97 Å². The van der Waals surface area contributed by atoms with Crippen molar-refractivity contribution in [2.24, 2.45) is 0 Å². The number of aromatic hydroxyl groups is 1. The fraction of sp³-hybridized carbons (Fsp3) is 0.300. The Labute approximate surface area is 80.7 Å². The van der Waals surface area contributed by atoms with Gasteiger partial charge in [0.2, 0.25) is 0 Å². The lowest BCUT2D eigenvalue weighted by molar-refractivity contribution is 0.479. The normalized spacial score (nSPS) is 16.0. The minimum Gasteiger partial charge on any atom is -0.506 e. The van der Waals surface area contributed by atoms with Crippen molar-refractivity contribution in [1.82, 2.24) is 15.0 Å². The van der Waals surface area contributed by atoms with Crippen molar-refractivity contribution in [3.8, 4) is 5.75 Å². The van der Waals surface area contributed by atoms with Crippen molar-refractivity contribution >= 4 is 11.0 Å². The van der Waals surface area contributed by atoms with E-state index in [0.717, 1.165) is 18.7 Å². The maximum absolute atomic E-state index is 9.57. The van der Waals surface area contributed by atoms with Gasteiger partial charge < -0.3 is 5.11 Å². The molecule has 1 fully saturated rings. The first kappa shape index (κ1) is 7.67. The van der Waals surface area contributed by atoms with Crippen LogP contribution in [0, 0.1) is 0 Å². The first-order chi connectivity index (χ1) is 6.84. The predicted molar refractivity (Wildman–Crippen MR) is 51.0 cm³/mol. The van der Waals surface area contributed by atoms with Gasteiger partial charge in [-0.3, -0.25) is 4.98 Å². The standard InChI is InChI=1S/C10H9N3O/c14-8-3-4-11-7-5-12-10(6-1-2-6)13-9(7)8/h3-6H,1-2H2,(H,11,14). The molecule has 4 heteroatoms. The fourth-order valence-electron chi connectivity index (χ4n) is 1.48. The van der Waals surface area contributed by atoms with Crippen molar-refractivity contribution in [1.29, 1.82) is 0 Å². The maximum Gasteiger partial charge on any atom is 0.145 e. The molecule has 14 heavy (non-hydrogen) atoms. The Morgan fingerprint density at radius 3 is 2.93 bits per heavy atom. The molecule has 0 bridgehead atoms. The summed E-state index contributed by atoms with van der Waals surface area (Å²) in [5.41, 5.74) is 1.21. The van der Waals surface area contributed by atoms with E-state index < -0.39 is 0 Å². The molecule has 3 rings (SSSR count). The highest BCUT2D eigenvalue weighted by Gasteiger charge is 2.26. The number of nitrogens with zero attached hydrogens (tertiary/aromatic N) is 3. The molecule has 1 N–H and O–H groups in total. The van der Waals surface area contributed by atoms with Crippen LogP contribution >= 0.6 is 0 Å². The Balaban J connectivity index is 2.25. The Hall–Kier alpha value is -1.71. The van der Waals surface area contributed by atoms with Crippen LogP contribution in [0.5, 0.6) is 5.75 Å². The zero-order valence-electron chi connectivity index (χ0n) is 7.51. The minimum absolute atomic E-state index is 0.180. The molecule has 0 radical (unpaired) electrons. The van der Waals surface area contributed by atoms with E-state index in [2.05, 4.69) is 15.0 Å². The van der Waals surface area contributed by atoms with Crippen molar-refractivity contribution < 1.29 is 5.11 Å². The Kier molecular flexibility index (Phi) is 1.45. The van der Waals surface area contributed by atoms with Gasteiger partial charge in [-0.1, -0.05) is 0 Å². The molecular weight excluding hydrogens is 178 g/mol. The van der Waals surface area contributed by atoms with Crippen LogP contribution in [-0.4, -0.2) is 20.1 Å². The third kappa shape index (κ3) is 1.11. The van der Waals surface area contributed by atoms with Gasteiger partial charge in [0.15, 0.2) is 0 Å². The van der Waals surface area contributed by atoms with Crippen LogP contribution in [0.15, 0.2) is 18.5 Å². The summed E-state index contributed by atoms with van der Waals surface area (Å²) in [4.78, 5) is 12.6. The van der Waals surface area contributed by atoms with E-state index in [1.165, 1.54) is 0 Å². The van der Waals surface area contributed by atoms with Gasteiger partial charge >= 0.3 is 0 Å². The zero-order valence-corrected chi connectivity index (χ0v) is 7.51. The summed E-state index contributed by atoms with van der Waals surface area (Å²) < 4.78 is 0.